The monoisotopic (exact) mass is 236 g/mol. The molecule has 0 aliphatic heterocycles. The van der Waals surface area contributed by atoms with Gasteiger partial charge in [0.25, 0.3) is 0 Å². The van der Waals surface area contributed by atoms with Crippen LogP contribution in [0.3, 0.4) is 0 Å². The van der Waals surface area contributed by atoms with Crippen molar-refractivity contribution >= 4 is 11.3 Å². The maximum atomic E-state index is 5.48. The normalized spacial score (nSPS) is 10.9. The van der Waals surface area contributed by atoms with Gasteiger partial charge in [0.15, 0.2) is 0 Å². The first-order valence-electron chi connectivity index (χ1n) is 5.32. The number of rotatable bonds is 4. The molecule has 2 aromatic rings. The second-order valence-corrected chi connectivity index (χ2v) is 4.84. The second kappa shape index (κ2) is 4.80. The maximum absolute atomic E-state index is 5.48. The lowest BCUT2D eigenvalue weighted by molar-refractivity contribution is 0.499. The average molecular weight is 236 g/mol. The molecule has 0 fully saturated rings. The number of nitrogens with one attached hydrogen (secondary N) is 1. The third-order valence-electron chi connectivity index (χ3n) is 2.59. The zero-order valence-electron chi connectivity index (χ0n) is 9.83. The van der Waals surface area contributed by atoms with Crippen molar-refractivity contribution in [2.75, 3.05) is 0 Å². The zero-order valence-corrected chi connectivity index (χ0v) is 10.6. The summed E-state index contributed by atoms with van der Waals surface area (Å²) < 4.78 is 5.48. The van der Waals surface area contributed by atoms with E-state index in [1.165, 1.54) is 10.4 Å². The van der Waals surface area contributed by atoms with E-state index in [0.29, 0.717) is 0 Å². The molecule has 1 N–H and O–H groups in total. The molecule has 0 bridgehead atoms. The molecule has 0 unspecified atom stereocenters. The minimum atomic E-state index is 0.848. The van der Waals surface area contributed by atoms with Gasteiger partial charge in [0.05, 0.1) is 11.2 Å². The Kier molecular flexibility index (Phi) is 3.41. The predicted molar refractivity (Wildman–Crippen MR) is 65.6 cm³/mol. The van der Waals surface area contributed by atoms with Crippen molar-refractivity contribution in [2.24, 2.45) is 0 Å². The van der Waals surface area contributed by atoms with Gasteiger partial charge in [-0.3, -0.25) is 0 Å². The van der Waals surface area contributed by atoms with E-state index < -0.39 is 0 Å². The van der Waals surface area contributed by atoms with Gasteiger partial charge in [-0.1, -0.05) is 0 Å². The van der Waals surface area contributed by atoms with Crippen LogP contribution in [0.4, 0.5) is 0 Å². The molecule has 0 aliphatic rings. The van der Waals surface area contributed by atoms with Crippen LogP contribution in [-0.2, 0) is 13.1 Å². The van der Waals surface area contributed by atoms with Crippen LogP contribution in [0.1, 0.15) is 27.7 Å². The molecule has 0 atom stereocenters. The van der Waals surface area contributed by atoms with E-state index in [0.717, 1.165) is 30.3 Å². The second-order valence-electron chi connectivity index (χ2n) is 3.90. The minimum Gasteiger partial charge on any atom is -0.466 e. The van der Waals surface area contributed by atoms with Gasteiger partial charge in [-0.25, -0.2) is 4.98 Å². The fourth-order valence-corrected chi connectivity index (χ4v) is 2.41. The Hall–Kier alpha value is -1.13. The van der Waals surface area contributed by atoms with Gasteiger partial charge < -0.3 is 9.73 Å². The number of thiazole rings is 1. The largest absolute Gasteiger partial charge is 0.466 e. The summed E-state index contributed by atoms with van der Waals surface area (Å²) in [5.41, 5.74) is 4.25. The Morgan fingerprint density at radius 3 is 2.69 bits per heavy atom. The van der Waals surface area contributed by atoms with Crippen molar-refractivity contribution in [3.05, 3.63) is 39.2 Å². The van der Waals surface area contributed by atoms with Gasteiger partial charge >= 0.3 is 0 Å². The predicted octanol–water partition coefficient (Wildman–Crippen LogP) is 2.95. The summed E-state index contributed by atoms with van der Waals surface area (Å²) in [5.74, 6) is 1.98. The van der Waals surface area contributed by atoms with Gasteiger partial charge in [-0.05, 0) is 26.8 Å². The van der Waals surface area contributed by atoms with Gasteiger partial charge in [0.2, 0.25) is 0 Å². The molecule has 0 saturated heterocycles. The molecular weight excluding hydrogens is 220 g/mol. The van der Waals surface area contributed by atoms with Gasteiger partial charge in [-0.2, -0.15) is 0 Å². The molecule has 0 saturated carbocycles. The molecule has 4 heteroatoms. The van der Waals surface area contributed by atoms with E-state index >= 15 is 0 Å². The Morgan fingerprint density at radius 2 is 2.12 bits per heavy atom. The zero-order chi connectivity index (χ0) is 11.5. The van der Waals surface area contributed by atoms with Crippen LogP contribution < -0.4 is 5.32 Å². The molecule has 2 heterocycles. The van der Waals surface area contributed by atoms with Crippen molar-refractivity contribution in [3.63, 3.8) is 0 Å². The molecule has 86 valence electrons. The van der Waals surface area contributed by atoms with Crippen LogP contribution in [0, 0.1) is 20.8 Å². The standard InChI is InChI=1S/C12H16N2OS/c1-8-4-11(10(3)15-8)5-13-6-12-9(2)14-7-16-12/h4,7,13H,5-6H2,1-3H3. The summed E-state index contributed by atoms with van der Waals surface area (Å²) >= 11 is 1.70. The molecular formula is C12H16N2OS. The van der Waals surface area contributed by atoms with Crippen molar-refractivity contribution in [1.82, 2.24) is 10.3 Å². The lowest BCUT2D eigenvalue weighted by Gasteiger charge is -2.02. The van der Waals surface area contributed by atoms with Gasteiger partial charge in [0.1, 0.15) is 11.5 Å². The molecule has 0 spiro atoms. The van der Waals surface area contributed by atoms with E-state index in [2.05, 4.69) is 16.4 Å². The van der Waals surface area contributed by atoms with Crippen LogP contribution in [0.5, 0.6) is 0 Å². The number of hydrogen-bond donors (Lipinski definition) is 1. The van der Waals surface area contributed by atoms with Crippen LogP contribution in [0.25, 0.3) is 0 Å². The first-order valence-corrected chi connectivity index (χ1v) is 6.20. The van der Waals surface area contributed by atoms with Crippen molar-refractivity contribution < 1.29 is 4.42 Å². The summed E-state index contributed by atoms with van der Waals surface area (Å²) in [7, 11) is 0. The van der Waals surface area contributed by atoms with E-state index in [4.69, 9.17) is 4.42 Å². The first-order chi connectivity index (χ1) is 7.66. The van der Waals surface area contributed by atoms with Gasteiger partial charge in [0, 0.05) is 23.5 Å². The van der Waals surface area contributed by atoms with E-state index in [1.54, 1.807) is 11.3 Å². The molecule has 0 aliphatic carbocycles. The summed E-state index contributed by atoms with van der Waals surface area (Å²) in [4.78, 5) is 5.53. The quantitative estimate of drug-likeness (QED) is 0.887. The molecule has 0 aromatic carbocycles. The SMILES string of the molecule is Cc1cc(CNCc2scnc2C)c(C)o1. The number of furan rings is 1. The fourth-order valence-electron chi connectivity index (χ4n) is 1.67. The minimum absolute atomic E-state index is 0.848. The first kappa shape index (κ1) is 11.4. The lowest BCUT2D eigenvalue weighted by atomic mass is 10.2. The Labute approximate surface area is 99.5 Å². The van der Waals surface area contributed by atoms with Crippen LogP contribution >= 0.6 is 11.3 Å². The highest BCUT2D eigenvalue weighted by atomic mass is 32.1. The highest BCUT2D eigenvalue weighted by Crippen LogP contribution is 2.15. The molecule has 0 radical (unpaired) electrons. The summed E-state index contributed by atoms with van der Waals surface area (Å²) in [5, 5.41) is 3.41. The Bertz CT molecular complexity index is 473. The third kappa shape index (κ3) is 2.51. The van der Waals surface area contributed by atoms with Crippen LogP contribution in [0.15, 0.2) is 16.0 Å². The summed E-state index contributed by atoms with van der Waals surface area (Å²) in [6.07, 6.45) is 0. The maximum Gasteiger partial charge on any atom is 0.105 e. The number of aryl methyl sites for hydroxylation is 3. The highest BCUT2D eigenvalue weighted by Gasteiger charge is 2.05. The number of aromatic nitrogens is 1. The van der Waals surface area contributed by atoms with E-state index in [1.807, 2.05) is 26.3 Å². The van der Waals surface area contributed by atoms with Crippen LogP contribution in [-0.4, -0.2) is 4.98 Å². The summed E-state index contributed by atoms with van der Waals surface area (Å²) in [6, 6.07) is 2.09. The fraction of sp³-hybridized carbons (Fsp3) is 0.417. The van der Waals surface area contributed by atoms with Gasteiger partial charge in [-0.15, -0.1) is 11.3 Å². The Morgan fingerprint density at radius 1 is 1.31 bits per heavy atom. The highest BCUT2D eigenvalue weighted by molar-refractivity contribution is 7.09. The topological polar surface area (TPSA) is 38.1 Å². The molecule has 2 rings (SSSR count). The van der Waals surface area contributed by atoms with E-state index in [-0.39, 0.29) is 0 Å². The summed E-state index contributed by atoms with van der Waals surface area (Å²) in [6.45, 7) is 7.74. The molecule has 16 heavy (non-hydrogen) atoms. The van der Waals surface area contributed by atoms with E-state index in [9.17, 15) is 0 Å². The lowest BCUT2D eigenvalue weighted by Crippen LogP contribution is -2.12. The average Bonchev–Trinajstić information content (AvgIpc) is 2.75. The molecule has 0 amide bonds. The van der Waals surface area contributed by atoms with Crippen molar-refractivity contribution in [2.45, 2.75) is 33.9 Å². The molecule has 2 aromatic heterocycles. The molecule has 3 nitrogen and oxygen atoms in total. The Balaban J connectivity index is 1.89. The van der Waals surface area contributed by atoms with Crippen LogP contribution in [0.2, 0.25) is 0 Å². The van der Waals surface area contributed by atoms with Crippen molar-refractivity contribution in [3.8, 4) is 0 Å². The number of hydrogen-bond acceptors (Lipinski definition) is 4. The number of nitrogens with zero attached hydrogens (tertiary/aromatic N) is 1. The smallest absolute Gasteiger partial charge is 0.105 e. The van der Waals surface area contributed by atoms with Crippen molar-refractivity contribution in [1.29, 1.82) is 0 Å². The third-order valence-corrected chi connectivity index (χ3v) is 3.52.